The maximum Gasteiger partial charge on any atom is 0.336 e. The van der Waals surface area contributed by atoms with Gasteiger partial charge >= 0.3 is 5.97 Å². The molecule has 2 aromatic carbocycles. The third kappa shape index (κ3) is 3.09. The number of carbonyl (C=O) groups is 2. The zero-order chi connectivity index (χ0) is 18.1. The van der Waals surface area contributed by atoms with Crippen LogP contribution < -0.4 is 0 Å². The Balaban J connectivity index is 1.65. The number of carboxylic acid groups (broad SMARTS) is 1. The molecule has 0 aliphatic carbocycles. The third-order valence-electron chi connectivity index (χ3n) is 4.80. The number of hydrogen-bond acceptors (Lipinski definition) is 4. The summed E-state index contributed by atoms with van der Waals surface area (Å²) in [5, 5.41) is 9.35. The monoisotopic (exact) mass is 353 g/mol. The molecule has 0 unspecified atom stereocenters. The van der Waals surface area contributed by atoms with Crippen molar-refractivity contribution in [2.45, 2.75) is 37.5 Å². The SMILES string of the molecule is O=C(O)[C@H]1O[C@H]2O[C@@H]1C(=O)N(Cc1ccccc1)[C@H]2Cc1ccccc1. The maximum atomic E-state index is 13.0. The summed E-state index contributed by atoms with van der Waals surface area (Å²) in [5.41, 5.74) is 2.01. The Bertz CT molecular complexity index is 794. The second-order valence-electron chi connectivity index (χ2n) is 6.53. The van der Waals surface area contributed by atoms with Gasteiger partial charge in [0.2, 0.25) is 0 Å². The summed E-state index contributed by atoms with van der Waals surface area (Å²) in [6.45, 7) is 0.392. The average Bonchev–Trinajstić information content (AvgIpc) is 3.07. The van der Waals surface area contributed by atoms with E-state index in [9.17, 15) is 14.7 Å². The molecule has 1 amide bonds. The second kappa shape index (κ2) is 6.90. The molecule has 4 atom stereocenters. The van der Waals surface area contributed by atoms with Gasteiger partial charge in [-0.1, -0.05) is 60.7 Å². The number of carboxylic acids is 1. The van der Waals surface area contributed by atoms with E-state index in [1.165, 1.54) is 0 Å². The van der Waals surface area contributed by atoms with Crippen LogP contribution >= 0.6 is 0 Å². The van der Waals surface area contributed by atoms with Gasteiger partial charge in [-0.05, 0) is 17.5 Å². The zero-order valence-electron chi connectivity index (χ0n) is 14.0. The first-order valence-corrected chi connectivity index (χ1v) is 8.55. The Hall–Kier alpha value is -2.70. The second-order valence-corrected chi connectivity index (χ2v) is 6.53. The van der Waals surface area contributed by atoms with Gasteiger partial charge in [-0.2, -0.15) is 0 Å². The Kier molecular flexibility index (Phi) is 4.44. The van der Waals surface area contributed by atoms with Gasteiger partial charge in [0.25, 0.3) is 5.91 Å². The molecule has 0 aromatic heterocycles. The fraction of sp³-hybridized carbons (Fsp3) is 0.300. The summed E-state index contributed by atoms with van der Waals surface area (Å²) >= 11 is 0. The minimum Gasteiger partial charge on any atom is -0.479 e. The topological polar surface area (TPSA) is 76.1 Å². The molecule has 2 aliphatic rings. The molecule has 2 aliphatic heterocycles. The lowest BCUT2D eigenvalue weighted by molar-refractivity contribution is -0.177. The summed E-state index contributed by atoms with van der Waals surface area (Å²) in [5.74, 6) is -1.51. The Morgan fingerprint density at radius 2 is 1.58 bits per heavy atom. The fourth-order valence-electron chi connectivity index (χ4n) is 3.53. The quantitative estimate of drug-likeness (QED) is 0.888. The molecule has 0 saturated carbocycles. The van der Waals surface area contributed by atoms with Gasteiger partial charge in [0, 0.05) is 6.54 Å². The van der Waals surface area contributed by atoms with E-state index in [2.05, 4.69) is 0 Å². The smallest absolute Gasteiger partial charge is 0.336 e. The van der Waals surface area contributed by atoms with Gasteiger partial charge in [-0.15, -0.1) is 0 Å². The van der Waals surface area contributed by atoms with Crippen molar-refractivity contribution in [3.05, 3.63) is 71.8 Å². The maximum absolute atomic E-state index is 13.0. The van der Waals surface area contributed by atoms with Crippen molar-refractivity contribution < 1.29 is 24.2 Å². The van der Waals surface area contributed by atoms with Crippen LogP contribution in [0.1, 0.15) is 11.1 Å². The van der Waals surface area contributed by atoms with Gasteiger partial charge in [0.1, 0.15) is 0 Å². The van der Waals surface area contributed by atoms with Crippen molar-refractivity contribution in [3.8, 4) is 0 Å². The van der Waals surface area contributed by atoms with E-state index in [4.69, 9.17) is 9.47 Å². The molecule has 4 rings (SSSR count). The molecule has 26 heavy (non-hydrogen) atoms. The number of benzene rings is 2. The van der Waals surface area contributed by atoms with E-state index in [1.807, 2.05) is 60.7 Å². The lowest BCUT2D eigenvalue weighted by atomic mass is 10.0. The molecule has 134 valence electrons. The van der Waals surface area contributed by atoms with Crippen LogP contribution in [0.25, 0.3) is 0 Å². The highest BCUT2D eigenvalue weighted by Gasteiger charge is 2.55. The van der Waals surface area contributed by atoms with Crippen molar-refractivity contribution in [3.63, 3.8) is 0 Å². The fourth-order valence-corrected chi connectivity index (χ4v) is 3.53. The normalized spacial score (nSPS) is 27.5. The molecular weight excluding hydrogens is 334 g/mol. The summed E-state index contributed by atoms with van der Waals surface area (Å²) in [4.78, 5) is 26.1. The number of hydrogen-bond donors (Lipinski definition) is 1. The summed E-state index contributed by atoms with van der Waals surface area (Å²) in [6.07, 6.45) is -2.56. The minimum atomic E-state index is -1.26. The number of aliphatic carboxylic acids is 1. The van der Waals surface area contributed by atoms with Crippen LogP contribution in [0, 0.1) is 0 Å². The van der Waals surface area contributed by atoms with Crippen LogP contribution in [-0.4, -0.2) is 46.4 Å². The van der Waals surface area contributed by atoms with Crippen LogP contribution in [0.2, 0.25) is 0 Å². The van der Waals surface area contributed by atoms with Crippen LogP contribution in [0.3, 0.4) is 0 Å². The largest absolute Gasteiger partial charge is 0.479 e. The van der Waals surface area contributed by atoms with Crippen molar-refractivity contribution >= 4 is 11.9 Å². The van der Waals surface area contributed by atoms with Gasteiger partial charge in [-0.25, -0.2) is 4.79 Å². The number of ether oxygens (including phenoxy) is 2. The van der Waals surface area contributed by atoms with Crippen molar-refractivity contribution in [2.75, 3.05) is 0 Å². The highest BCUT2D eigenvalue weighted by molar-refractivity contribution is 5.89. The highest BCUT2D eigenvalue weighted by atomic mass is 16.7. The van der Waals surface area contributed by atoms with Gasteiger partial charge in [0.05, 0.1) is 6.04 Å². The third-order valence-corrected chi connectivity index (χ3v) is 4.80. The number of nitrogens with zero attached hydrogens (tertiary/aromatic N) is 1. The van der Waals surface area contributed by atoms with E-state index in [0.717, 1.165) is 11.1 Å². The van der Waals surface area contributed by atoms with Crippen LogP contribution in [0.15, 0.2) is 60.7 Å². The van der Waals surface area contributed by atoms with Crippen molar-refractivity contribution in [1.29, 1.82) is 0 Å². The molecule has 0 radical (unpaired) electrons. The van der Waals surface area contributed by atoms with E-state index in [1.54, 1.807) is 4.90 Å². The minimum absolute atomic E-state index is 0.337. The molecule has 2 aromatic rings. The first-order valence-electron chi connectivity index (χ1n) is 8.55. The Morgan fingerprint density at radius 1 is 0.962 bits per heavy atom. The zero-order valence-corrected chi connectivity index (χ0v) is 14.0. The first kappa shape index (κ1) is 16.8. The molecule has 1 N–H and O–H groups in total. The molecule has 6 nitrogen and oxygen atoms in total. The van der Waals surface area contributed by atoms with E-state index in [0.29, 0.717) is 13.0 Å². The molecule has 0 spiro atoms. The van der Waals surface area contributed by atoms with Gasteiger partial charge < -0.3 is 19.5 Å². The molecule has 2 heterocycles. The van der Waals surface area contributed by atoms with Gasteiger partial charge in [-0.3, -0.25) is 4.79 Å². The Labute approximate surface area is 151 Å². The number of amides is 1. The predicted octanol–water partition coefficient (Wildman–Crippen LogP) is 1.83. The molecule has 2 bridgehead atoms. The molecular formula is C20H19NO5. The lowest BCUT2D eigenvalue weighted by Crippen LogP contribution is -2.56. The molecule has 6 heteroatoms. The predicted molar refractivity (Wildman–Crippen MR) is 92.1 cm³/mol. The number of carbonyl (C=O) groups excluding carboxylic acids is 1. The highest BCUT2D eigenvalue weighted by Crippen LogP contribution is 2.34. The number of morpholine rings is 1. The van der Waals surface area contributed by atoms with Crippen molar-refractivity contribution in [1.82, 2.24) is 4.90 Å². The molecule has 2 fully saturated rings. The van der Waals surface area contributed by atoms with E-state index >= 15 is 0 Å². The first-order chi connectivity index (χ1) is 12.6. The van der Waals surface area contributed by atoms with E-state index in [-0.39, 0.29) is 11.9 Å². The lowest BCUT2D eigenvalue weighted by Gasteiger charge is -2.38. The number of fused-ring (bicyclic) bond motifs is 2. The Morgan fingerprint density at radius 3 is 2.19 bits per heavy atom. The van der Waals surface area contributed by atoms with Gasteiger partial charge in [0.15, 0.2) is 18.5 Å². The molecule has 2 saturated heterocycles. The summed E-state index contributed by atoms with van der Waals surface area (Å²) < 4.78 is 11.2. The van der Waals surface area contributed by atoms with Crippen LogP contribution in [0.5, 0.6) is 0 Å². The van der Waals surface area contributed by atoms with Crippen LogP contribution in [-0.2, 0) is 32.0 Å². The average molecular weight is 353 g/mol. The summed E-state index contributed by atoms with van der Waals surface area (Å²) in [6, 6.07) is 19.0. The standard InChI is InChI=1S/C20H19NO5/c22-18-16-17(19(23)24)26-20(25-16)15(11-13-7-3-1-4-8-13)21(18)12-14-9-5-2-6-10-14/h1-10,15-17,20H,11-12H2,(H,23,24)/t15-,16-,17-,20+/m0/s1. The number of rotatable bonds is 5. The van der Waals surface area contributed by atoms with E-state index < -0.39 is 24.5 Å². The van der Waals surface area contributed by atoms with Crippen molar-refractivity contribution in [2.24, 2.45) is 0 Å². The summed E-state index contributed by atoms with van der Waals surface area (Å²) in [7, 11) is 0. The van der Waals surface area contributed by atoms with Crippen LogP contribution in [0.4, 0.5) is 0 Å².